The van der Waals surface area contributed by atoms with E-state index in [-0.39, 0.29) is 0 Å². The van der Waals surface area contributed by atoms with Gasteiger partial charge >= 0.3 is 0 Å². The van der Waals surface area contributed by atoms with Crippen LogP contribution in [-0.4, -0.2) is 58.9 Å². The van der Waals surface area contributed by atoms with Gasteiger partial charge in [-0.05, 0) is 33.0 Å². The van der Waals surface area contributed by atoms with Crippen molar-refractivity contribution in [2.75, 3.05) is 39.2 Å². The van der Waals surface area contributed by atoms with E-state index in [2.05, 4.69) is 35.6 Å². The first-order valence-electron chi connectivity index (χ1n) is 8.76. The van der Waals surface area contributed by atoms with E-state index >= 15 is 0 Å². The van der Waals surface area contributed by atoms with Crippen LogP contribution >= 0.6 is 0 Å². The first kappa shape index (κ1) is 18.1. The van der Waals surface area contributed by atoms with Crippen molar-refractivity contribution in [2.45, 2.75) is 25.3 Å². The highest BCUT2D eigenvalue weighted by Gasteiger charge is 2.27. The average molecular weight is 355 g/mol. The quantitative estimate of drug-likeness (QED) is 0.804. The highest BCUT2D eigenvalue weighted by molar-refractivity contribution is 5.63. The molecule has 0 amide bonds. The third-order valence-corrected chi connectivity index (χ3v) is 4.86. The number of piperidine rings is 1. The fourth-order valence-corrected chi connectivity index (χ4v) is 3.49. The molecule has 0 radical (unpaired) electrons. The van der Waals surface area contributed by atoms with Gasteiger partial charge in [0.15, 0.2) is 0 Å². The average Bonchev–Trinajstić information content (AvgIpc) is 3.01. The van der Waals surface area contributed by atoms with Gasteiger partial charge in [0.05, 0.1) is 19.3 Å². The lowest BCUT2D eigenvalue weighted by atomic mass is 9.95. The first-order chi connectivity index (χ1) is 12.5. The van der Waals surface area contributed by atoms with Gasteiger partial charge in [-0.2, -0.15) is 5.26 Å². The fourth-order valence-electron chi connectivity index (χ4n) is 3.49. The van der Waals surface area contributed by atoms with E-state index in [9.17, 15) is 5.26 Å². The third kappa shape index (κ3) is 3.48. The van der Waals surface area contributed by atoms with E-state index in [0.29, 0.717) is 17.4 Å². The van der Waals surface area contributed by atoms with Crippen LogP contribution in [0.1, 0.15) is 36.0 Å². The van der Waals surface area contributed by atoms with Gasteiger partial charge in [-0.15, -0.1) is 10.2 Å². The van der Waals surface area contributed by atoms with Crippen LogP contribution in [0.5, 0.6) is 5.88 Å². The number of pyridine rings is 1. The second-order valence-corrected chi connectivity index (χ2v) is 6.86. The summed E-state index contributed by atoms with van der Waals surface area (Å²) >= 11 is 0. The Morgan fingerprint density at radius 1 is 1.31 bits per heavy atom. The molecule has 0 N–H and O–H groups in total. The number of nitriles is 1. The van der Waals surface area contributed by atoms with Gasteiger partial charge in [0.1, 0.15) is 23.3 Å². The summed E-state index contributed by atoms with van der Waals surface area (Å²) in [6.45, 7) is 2.51. The van der Waals surface area contributed by atoms with Gasteiger partial charge < -0.3 is 19.1 Å². The molecule has 0 bridgehead atoms. The molecule has 8 heteroatoms. The SMILES string of the molecule is COc1nccc(N2CCC(c3nnc(CN(C)C)n3C)CC2)c1C#N. The Hall–Kier alpha value is -2.66. The zero-order valence-electron chi connectivity index (χ0n) is 15.8. The molecule has 8 nitrogen and oxygen atoms in total. The number of nitrogens with zero attached hydrogens (tertiary/aromatic N) is 7. The predicted octanol–water partition coefficient (Wildman–Crippen LogP) is 1.54. The standard InChI is InChI=1S/C18H25N7O/c1-23(2)12-16-21-22-17(24(16)3)13-6-9-25(10-7-13)15-5-8-20-18(26-4)14(15)11-19/h5,8,13H,6-7,9-10,12H2,1-4H3. The van der Waals surface area contributed by atoms with Crippen molar-refractivity contribution in [3.05, 3.63) is 29.5 Å². The molecule has 3 heterocycles. The van der Waals surface area contributed by atoms with Crippen molar-refractivity contribution in [2.24, 2.45) is 7.05 Å². The van der Waals surface area contributed by atoms with Crippen molar-refractivity contribution in [3.63, 3.8) is 0 Å². The Labute approximate surface area is 154 Å². The molecule has 2 aromatic rings. The minimum Gasteiger partial charge on any atom is -0.480 e. The van der Waals surface area contributed by atoms with Crippen LogP contribution in [0.3, 0.4) is 0 Å². The van der Waals surface area contributed by atoms with E-state index in [1.54, 1.807) is 13.3 Å². The molecule has 1 fully saturated rings. The molecule has 1 aliphatic rings. The third-order valence-electron chi connectivity index (χ3n) is 4.86. The molecule has 3 rings (SSSR count). The molecule has 26 heavy (non-hydrogen) atoms. The van der Waals surface area contributed by atoms with Crippen molar-refractivity contribution in [3.8, 4) is 11.9 Å². The van der Waals surface area contributed by atoms with Crippen LogP contribution in [0.25, 0.3) is 0 Å². The lowest BCUT2D eigenvalue weighted by Crippen LogP contribution is -2.34. The maximum atomic E-state index is 9.48. The molecule has 138 valence electrons. The van der Waals surface area contributed by atoms with Gasteiger partial charge in [-0.1, -0.05) is 0 Å². The largest absolute Gasteiger partial charge is 0.480 e. The lowest BCUT2D eigenvalue weighted by Gasteiger charge is -2.33. The van der Waals surface area contributed by atoms with Gasteiger partial charge in [-0.3, -0.25) is 0 Å². The Kier molecular flexibility index (Phi) is 5.38. The van der Waals surface area contributed by atoms with E-state index in [4.69, 9.17) is 4.74 Å². The number of methoxy groups -OCH3 is 1. The molecule has 1 saturated heterocycles. The van der Waals surface area contributed by atoms with Crippen LogP contribution in [0, 0.1) is 11.3 Å². The topological polar surface area (TPSA) is 83.1 Å². The number of ether oxygens (including phenoxy) is 1. The van der Waals surface area contributed by atoms with Gasteiger partial charge in [0.2, 0.25) is 5.88 Å². The summed E-state index contributed by atoms with van der Waals surface area (Å²) in [6.07, 6.45) is 3.64. The summed E-state index contributed by atoms with van der Waals surface area (Å²) in [5.41, 5.74) is 1.39. The monoisotopic (exact) mass is 355 g/mol. The second-order valence-electron chi connectivity index (χ2n) is 6.86. The van der Waals surface area contributed by atoms with Crippen LogP contribution < -0.4 is 9.64 Å². The first-order valence-corrected chi connectivity index (χ1v) is 8.76. The minimum absolute atomic E-state index is 0.383. The van der Waals surface area contributed by atoms with Crippen molar-refractivity contribution in [1.29, 1.82) is 5.26 Å². The smallest absolute Gasteiger partial charge is 0.233 e. The molecule has 0 unspecified atom stereocenters. The number of aromatic nitrogens is 4. The minimum atomic E-state index is 0.383. The van der Waals surface area contributed by atoms with Gasteiger partial charge in [-0.25, -0.2) is 4.98 Å². The van der Waals surface area contributed by atoms with E-state index in [1.165, 1.54) is 0 Å². The fraction of sp³-hybridized carbons (Fsp3) is 0.556. The molecule has 0 spiro atoms. The van der Waals surface area contributed by atoms with E-state index in [0.717, 1.165) is 49.8 Å². The number of anilines is 1. The molecular formula is C18H25N7O. The summed E-state index contributed by atoms with van der Waals surface area (Å²) < 4.78 is 7.34. The van der Waals surface area contributed by atoms with Crippen molar-refractivity contribution >= 4 is 5.69 Å². The molecule has 0 atom stereocenters. The normalized spacial score (nSPS) is 15.3. The van der Waals surface area contributed by atoms with Crippen LogP contribution in [0.15, 0.2) is 12.3 Å². The molecule has 1 aliphatic heterocycles. The molecular weight excluding hydrogens is 330 g/mol. The van der Waals surface area contributed by atoms with Crippen LogP contribution in [0.2, 0.25) is 0 Å². The van der Waals surface area contributed by atoms with Crippen molar-refractivity contribution in [1.82, 2.24) is 24.6 Å². The lowest BCUT2D eigenvalue weighted by molar-refractivity contribution is 0.381. The zero-order valence-corrected chi connectivity index (χ0v) is 15.8. The van der Waals surface area contributed by atoms with Gasteiger partial charge in [0, 0.05) is 32.3 Å². The second kappa shape index (κ2) is 7.70. The summed E-state index contributed by atoms with van der Waals surface area (Å²) in [7, 11) is 7.64. The molecule has 0 saturated carbocycles. The number of hydrogen-bond donors (Lipinski definition) is 0. The summed E-state index contributed by atoms with van der Waals surface area (Å²) in [5.74, 6) is 2.80. The Morgan fingerprint density at radius 3 is 2.65 bits per heavy atom. The molecule has 0 aromatic carbocycles. The van der Waals surface area contributed by atoms with Crippen molar-refractivity contribution < 1.29 is 4.74 Å². The van der Waals surface area contributed by atoms with Gasteiger partial charge in [0.25, 0.3) is 0 Å². The summed E-state index contributed by atoms with van der Waals surface area (Å²) in [4.78, 5) is 8.45. The summed E-state index contributed by atoms with van der Waals surface area (Å²) in [5, 5.41) is 18.3. The van der Waals surface area contributed by atoms with E-state index in [1.807, 2.05) is 27.2 Å². The maximum absolute atomic E-state index is 9.48. The molecule has 2 aromatic heterocycles. The number of rotatable bonds is 5. The Bertz CT molecular complexity index is 800. The Morgan fingerprint density at radius 2 is 2.04 bits per heavy atom. The van der Waals surface area contributed by atoms with Crippen LogP contribution in [0.4, 0.5) is 5.69 Å². The predicted molar refractivity (Wildman–Crippen MR) is 98.1 cm³/mol. The zero-order chi connectivity index (χ0) is 18.7. The highest BCUT2D eigenvalue weighted by Crippen LogP contribution is 2.33. The Balaban J connectivity index is 1.73. The highest BCUT2D eigenvalue weighted by atomic mass is 16.5. The number of hydrogen-bond acceptors (Lipinski definition) is 7. The van der Waals surface area contributed by atoms with E-state index < -0.39 is 0 Å². The van der Waals surface area contributed by atoms with Crippen LogP contribution in [-0.2, 0) is 13.6 Å². The maximum Gasteiger partial charge on any atom is 0.233 e. The summed E-state index contributed by atoms with van der Waals surface area (Å²) in [6, 6.07) is 4.11. The molecule has 0 aliphatic carbocycles.